The second-order valence-electron chi connectivity index (χ2n) is 4.99. The highest BCUT2D eigenvalue weighted by Gasteiger charge is 2.35. The number of rotatable bonds is 5. The number of Topliss-reactive ketones (excluding diaryl/α,β-unsaturated/α-hetero) is 1. The smallest absolute Gasteiger partial charge is 0.326 e. The van der Waals surface area contributed by atoms with E-state index in [1.807, 2.05) is 6.07 Å². The summed E-state index contributed by atoms with van der Waals surface area (Å²) in [5.41, 5.74) is 0.531. The number of amides is 1. The maximum atomic E-state index is 12.2. The molecule has 2 atom stereocenters. The van der Waals surface area contributed by atoms with Crippen LogP contribution >= 0.6 is 15.9 Å². The first-order valence-electron chi connectivity index (χ1n) is 6.76. The number of ketones is 1. The Labute approximate surface area is 131 Å². The molecule has 0 bridgehead atoms. The third kappa shape index (κ3) is 3.69. The lowest BCUT2D eigenvalue weighted by atomic mass is 10.1. The summed E-state index contributed by atoms with van der Waals surface area (Å²) in [4.78, 5) is 36.2. The molecule has 1 fully saturated rings. The van der Waals surface area contributed by atoms with E-state index in [9.17, 15) is 14.4 Å². The maximum Gasteiger partial charge on any atom is 0.326 e. The van der Waals surface area contributed by atoms with E-state index in [4.69, 9.17) is 5.11 Å². The van der Waals surface area contributed by atoms with Gasteiger partial charge in [0.05, 0.1) is 4.83 Å². The molecule has 1 saturated heterocycles. The van der Waals surface area contributed by atoms with Gasteiger partial charge in [-0.1, -0.05) is 46.3 Å². The van der Waals surface area contributed by atoms with E-state index in [2.05, 4.69) is 15.9 Å². The lowest BCUT2D eigenvalue weighted by molar-refractivity contribution is -0.148. The number of aliphatic carboxylic acids is 1. The fourth-order valence-electron chi connectivity index (χ4n) is 2.47. The molecule has 1 aliphatic heterocycles. The van der Waals surface area contributed by atoms with Crippen molar-refractivity contribution in [2.24, 2.45) is 0 Å². The van der Waals surface area contributed by atoms with Gasteiger partial charge in [-0.15, -0.1) is 0 Å². The van der Waals surface area contributed by atoms with Crippen LogP contribution in [0, 0.1) is 0 Å². The number of carboxylic acids is 1. The number of nitrogens with zero attached hydrogens (tertiary/aromatic N) is 1. The van der Waals surface area contributed by atoms with Gasteiger partial charge in [-0.2, -0.15) is 0 Å². The Morgan fingerprint density at radius 3 is 2.57 bits per heavy atom. The van der Waals surface area contributed by atoms with Crippen LogP contribution in [0.5, 0.6) is 0 Å². The quantitative estimate of drug-likeness (QED) is 0.649. The van der Waals surface area contributed by atoms with Gasteiger partial charge in [0.25, 0.3) is 0 Å². The van der Waals surface area contributed by atoms with Crippen LogP contribution in [-0.4, -0.2) is 45.1 Å². The van der Waals surface area contributed by atoms with Crippen LogP contribution in [0.4, 0.5) is 0 Å². The molecule has 0 aromatic heterocycles. The Hall–Kier alpha value is -1.69. The molecule has 1 aromatic rings. The van der Waals surface area contributed by atoms with E-state index in [0.29, 0.717) is 24.9 Å². The van der Waals surface area contributed by atoms with Crippen LogP contribution in [0.25, 0.3) is 0 Å². The molecule has 1 unspecified atom stereocenters. The van der Waals surface area contributed by atoms with Gasteiger partial charge in [0.15, 0.2) is 5.78 Å². The molecule has 5 nitrogen and oxygen atoms in total. The average Bonchev–Trinajstić information content (AvgIpc) is 2.97. The van der Waals surface area contributed by atoms with Crippen LogP contribution in [-0.2, 0) is 9.59 Å². The van der Waals surface area contributed by atoms with Crippen LogP contribution in [0.15, 0.2) is 30.3 Å². The van der Waals surface area contributed by atoms with E-state index in [1.165, 1.54) is 4.90 Å². The standard InChI is InChI=1S/C15H16BrNO4/c16-11(14(19)10-5-2-1-3-6-10)9-13(18)17-8-4-7-12(17)15(20)21/h1-3,5-6,11-12H,4,7-9H2,(H,20,21)/t11?,12-/m0/s1. The predicted octanol–water partition coefficient (Wildman–Crippen LogP) is 2.10. The molecule has 1 heterocycles. The number of hydrogen-bond donors (Lipinski definition) is 1. The van der Waals surface area contributed by atoms with Crippen LogP contribution in [0.3, 0.4) is 0 Å². The van der Waals surface area contributed by atoms with Gasteiger partial charge in [0.2, 0.25) is 5.91 Å². The number of carbonyl (C=O) groups excluding carboxylic acids is 2. The zero-order valence-corrected chi connectivity index (χ0v) is 13.0. The maximum absolute atomic E-state index is 12.2. The summed E-state index contributed by atoms with van der Waals surface area (Å²) in [6, 6.07) is 7.95. The predicted molar refractivity (Wildman–Crippen MR) is 80.5 cm³/mol. The SMILES string of the molecule is O=C(c1ccccc1)C(Br)CC(=O)N1CCC[C@H]1C(=O)O. The first kappa shape index (κ1) is 15.7. The number of halogens is 1. The van der Waals surface area contributed by atoms with E-state index in [1.54, 1.807) is 24.3 Å². The molecule has 2 rings (SSSR count). The summed E-state index contributed by atoms with van der Waals surface area (Å²) >= 11 is 3.24. The molecule has 1 N–H and O–H groups in total. The summed E-state index contributed by atoms with van der Waals surface area (Å²) < 4.78 is 0. The molecule has 6 heteroatoms. The molecular formula is C15H16BrNO4. The van der Waals surface area contributed by atoms with E-state index >= 15 is 0 Å². The molecule has 112 valence electrons. The third-order valence-corrected chi connectivity index (χ3v) is 4.29. The van der Waals surface area contributed by atoms with Gasteiger partial charge in [-0.05, 0) is 12.8 Å². The van der Waals surface area contributed by atoms with Gasteiger partial charge >= 0.3 is 5.97 Å². The molecule has 21 heavy (non-hydrogen) atoms. The molecule has 0 saturated carbocycles. The minimum atomic E-state index is -0.985. The number of carbonyl (C=O) groups is 3. The number of benzene rings is 1. The second-order valence-corrected chi connectivity index (χ2v) is 6.09. The van der Waals surface area contributed by atoms with Crippen molar-refractivity contribution in [1.82, 2.24) is 4.90 Å². The highest BCUT2D eigenvalue weighted by atomic mass is 79.9. The number of likely N-dealkylation sites (tertiary alicyclic amines) is 1. The first-order valence-corrected chi connectivity index (χ1v) is 7.68. The molecule has 1 aromatic carbocycles. The van der Waals surface area contributed by atoms with Crippen molar-refractivity contribution in [3.8, 4) is 0 Å². The van der Waals surface area contributed by atoms with Crippen molar-refractivity contribution in [2.45, 2.75) is 30.1 Å². The molecule has 0 radical (unpaired) electrons. The zero-order valence-electron chi connectivity index (χ0n) is 11.4. The van der Waals surface area contributed by atoms with E-state index < -0.39 is 16.8 Å². The van der Waals surface area contributed by atoms with Crippen molar-refractivity contribution in [3.63, 3.8) is 0 Å². The topological polar surface area (TPSA) is 74.7 Å². The van der Waals surface area contributed by atoms with Crippen molar-refractivity contribution in [2.75, 3.05) is 6.54 Å². The van der Waals surface area contributed by atoms with Crippen LogP contribution in [0.1, 0.15) is 29.6 Å². The minimum absolute atomic E-state index is 0.0303. The molecule has 1 amide bonds. The van der Waals surface area contributed by atoms with E-state index in [0.717, 1.165) is 0 Å². The summed E-state index contributed by atoms with van der Waals surface area (Å²) in [6.07, 6.45) is 1.13. The fourth-order valence-corrected chi connectivity index (χ4v) is 3.01. The largest absolute Gasteiger partial charge is 0.480 e. The first-order chi connectivity index (χ1) is 10.0. The summed E-state index contributed by atoms with van der Waals surface area (Å²) in [6.45, 7) is 0.440. The molecule has 1 aliphatic rings. The van der Waals surface area contributed by atoms with Gasteiger partial charge in [0.1, 0.15) is 6.04 Å². The van der Waals surface area contributed by atoms with Crippen LogP contribution in [0.2, 0.25) is 0 Å². The highest BCUT2D eigenvalue weighted by Crippen LogP contribution is 2.21. The average molecular weight is 354 g/mol. The molecule has 0 spiro atoms. The minimum Gasteiger partial charge on any atom is -0.480 e. The van der Waals surface area contributed by atoms with Crippen molar-refractivity contribution in [1.29, 1.82) is 0 Å². The summed E-state index contributed by atoms with van der Waals surface area (Å²) in [5.74, 6) is -1.46. The molecular weight excluding hydrogens is 338 g/mol. The highest BCUT2D eigenvalue weighted by molar-refractivity contribution is 9.10. The van der Waals surface area contributed by atoms with E-state index in [-0.39, 0.29) is 18.1 Å². The lowest BCUT2D eigenvalue weighted by Crippen LogP contribution is -2.41. The van der Waals surface area contributed by atoms with Crippen molar-refractivity contribution in [3.05, 3.63) is 35.9 Å². The fraction of sp³-hybridized carbons (Fsp3) is 0.400. The number of hydrogen-bond acceptors (Lipinski definition) is 3. The van der Waals surface area contributed by atoms with Crippen LogP contribution < -0.4 is 0 Å². The number of carboxylic acid groups (broad SMARTS) is 1. The Morgan fingerprint density at radius 1 is 1.29 bits per heavy atom. The summed E-state index contributed by atoms with van der Waals surface area (Å²) in [7, 11) is 0. The Morgan fingerprint density at radius 2 is 1.95 bits per heavy atom. The number of alkyl halides is 1. The Kier molecular flexibility index (Phi) is 5.12. The van der Waals surface area contributed by atoms with Crippen molar-refractivity contribution >= 4 is 33.6 Å². The zero-order chi connectivity index (χ0) is 15.4. The van der Waals surface area contributed by atoms with Crippen molar-refractivity contribution < 1.29 is 19.5 Å². The van der Waals surface area contributed by atoms with Gasteiger partial charge in [-0.25, -0.2) is 4.79 Å². The Balaban J connectivity index is 1.99. The molecule has 0 aliphatic carbocycles. The van der Waals surface area contributed by atoms with Gasteiger partial charge < -0.3 is 10.0 Å². The van der Waals surface area contributed by atoms with Gasteiger partial charge in [0, 0.05) is 18.5 Å². The second kappa shape index (κ2) is 6.85. The lowest BCUT2D eigenvalue weighted by Gasteiger charge is -2.22. The third-order valence-electron chi connectivity index (χ3n) is 3.55. The van der Waals surface area contributed by atoms with Gasteiger partial charge in [-0.3, -0.25) is 9.59 Å². The normalized spacial score (nSPS) is 19.3. The summed E-state index contributed by atoms with van der Waals surface area (Å²) in [5, 5.41) is 9.08. The monoisotopic (exact) mass is 353 g/mol. The Bertz CT molecular complexity index is 546.